The van der Waals surface area contributed by atoms with Crippen LogP contribution in [0.1, 0.15) is 21.5 Å². The van der Waals surface area contributed by atoms with Gasteiger partial charge in [0.1, 0.15) is 0 Å². The lowest BCUT2D eigenvalue weighted by atomic mass is 10.1. The molecule has 0 bridgehead atoms. The van der Waals surface area contributed by atoms with Crippen molar-refractivity contribution in [1.82, 2.24) is 14.5 Å². The number of amides is 1. The fourth-order valence-corrected chi connectivity index (χ4v) is 6.51. The molecule has 4 rings (SSSR count). The maximum atomic E-state index is 13.1. The molecule has 1 saturated heterocycles. The van der Waals surface area contributed by atoms with E-state index >= 15 is 0 Å². The molecule has 12 heteroatoms. The van der Waals surface area contributed by atoms with E-state index in [2.05, 4.69) is 46.4 Å². The minimum absolute atomic E-state index is 0.0682. The van der Waals surface area contributed by atoms with E-state index in [0.29, 0.717) is 31.2 Å². The summed E-state index contributed by atoms with van der Waals surface area (Å²) >= 11 is 12.7. The maximum absolute atomic E-state index is 13.1. The minimum atomic E-state index is -3.82. The highest BCUT2D eigenvalue weighted by Crippen LogP contribution is 2.28. The summed E-state index contributed by atoms with van der Waals surface area (Å²) in [7, 11) is -3.82. The smallest absolute Gasteiger partial charge is 0.272 e. The van der Waals surface area contributed by atoms with Crippen LogP contribution in [0.2, 0.25) is 10.0 Å². The Bertz CT molecular complexity index is 1300. The lowest BCUT2D eigenvalue weighted by Crippen LogP contribution is -2.48. The Morgan fingerprint density at radius 3 is 2.48 bits per heavy atom. The van der Waals surface area contributed by atoms with Gasteiger partial charge in [0.2, 0.25) is 9.47 Å². The van der Waals surface area contributed by atoms with Crippen LogP contribution in [0, 0.1) is 13.8 Å². The lowest BCUT2D eigenvalue weighted by molar-refractivity contribution is 0.102. The number of aryl methyl sites for hydroxylation is 1. The van der Waals surface area contributed by atoms with Crippen molar-refractivity contribution in [2.24, 2.45) is 0 Å². The summed E-state index contributed by atoms with van der Waals surface area (Å²) in [4.78, 5) is 14.7. The Kier molecular flexibility index (Phi) is 6.92. The highest BCUT2D eigenvalue weighted by atomic mass is 35.5. The molecule has 0 spiro atoms. The van der Waals surface area contributed by atoms with Crippen molar-refractivity contribution in [3.63, 3.8) is 0 Å². The quantitative estimate of drug-likeness (QED) is 0.501. The number of hydrogen-bond acceptors (Lipinski definition) is 7. The molecular weight excluding hydrogens is 505 g/mol. The summed E-state index contributed by atoms with van der Waals surface area (Å²) in [5.41, 5.74) is 3.71. The number of carbonyl (C=O) groups excluding carboxylic acids is 1. The maximum Gasteiger partial charge on any atom is 0.272 e. The summed E-state index contributed by atoms with van der Waals surface area (Å²) in [5, 5.41) is 10.8. The zero-order valence-electron chi connectivity index (χ0n) is 17.9. The Labute approximate surface area is 206 Å². The SMILES string of the molecule is Cc1cccc(N2CCN(S(=O)(=O)c3nnc(NC(=O)c4ccc(Cl)cc4Cl)s3)CC2)c1C. The molecule has 1 N–H and O–H groups in total. The van der Waals surface area contributed by atoms with Crippen LogP contribution in [-0.2, 0) is 10.0 Å². The highest BCUT2D eigenvalue weighted by Gasteiger charge is 2.32. The second-order valence-corrected chi connectivity index (χ2v) is 11.5. The van der Waals surface area contributed by atoms with Crippen molar-refractivity contribution < 1.29 is 13.2 Å². The van der Waals surface area contributed by atoms with Crippen LogP contribution >= 0.6 is 34.5 Å². The van der Waals surface area contributed by atoms with Crippen molar-refractivity contribution in [1.29, 1.82) is 0 Å². The molecule has 174 valence electrons. The van der Waals surface area contributed by atoms with Crippen LogP contribution in [0.15, 0.2) is 40.7 Å². The standard InChI is InChI=1S/C21H21Cl2N5O3S2/c1-13-4-3-5-18(14(13)2)27-8-10-28(11-9-27)33(30,31)21-26-25-20(32-21)24-19(29)16-7-6-15(22)12-17(16)23/h3-7,12H,8-11H2,1-2H3,(H,24,25,29). The van der Waals surface area contributed by atoms with Crippen molar-refractivity contribution in [2.75, 3.05) is 36.4 Å². The monoisotopic (exact) mass is 525 g/mol. The molecule has 0 unspecified atom stereocenters. The number of rotatable bonds is 5. The molecule has 1 amide bonds. The second-order valence-electron chi connectivity index (χ2n) is 7.56. The van der Waals surface area contributed by atoms with Gasteiger partial charge in [-0.25, -0.2) is 8.42 Å². The van der Waals surface area contributed by atoms with Crippen molar-refractivity contribution >= 4 is 61.3 Å². The van der Waals surface area contributed by atoms with Gasteiger partial charge in [0.25, 0.3) is 15.9 Å². The third kappa shape index (κ3) is 4.99. The largest absolute Gasteiger partial charge is 0.369 e. The van der Waals surface area contributed by atoms with E-state index in [1.807, 2.05) is 6.07 Å². The Morgan fingerprint density at radius 1 is 1.06 bits per heavy atom. The van der Waals surface area contributed by atoms with E-state index in [4.69, 9.17) is 23.2 Å². The Hall–Kier alpha value is -2.24. The van der Waals surface area contributed by atoms with Gasteiger partial charge in [-0.3, -0.25) is 10.1 Å². The van der Waals surface area contributed by atoms with Gasteiger partial charge in [-0.2, -0.15) is 4.31 Å². The number of carbonyl (C=O) groups is 1. The van der Waals surface area contributed by atoms with Gasteiger partial charge in [0.05, 0.1) is 10.6 Å². The van der Waals surface area contributed by atoms with Gasteiger partial charge in [-0.05, 0) is 49.2 Å². The third-order valence-electron chi connectivity index (χ3n) is 5.52. The number of hydrogen-bond donors (Lipinski definition) is 1. The van der Waals surface area contributed by atoms with Gasteiger partial charge in [0, 0.05) is 36.9 Å². The predicted molar refractivity (Wildman–Crippen MR) is 131 cm³/mol. The van der Waals surface area contributed by atoms with Gasteiger partial charge in [0.15, 0.2) is 0 Å². The number of benzene rings is 2. The van der Waals surface area contributed by atoms with E-state index in [1.54, 1.807) is 0 Å². The summed E-state index contributed by atoms with van der Waals surface area (Å²) in [5.74, 6) is -0.529. The topological polar surface area (TPSA) is 95.5 Å². The van der Waals surface area contributed by atoms with E-state index in [0.717, 1.165) is 17.0 Å². The molecule has 3 aromatic rings. The van der Waals surface area contributed by atoms with Crippen molar-refractivity contribution in [2.45, 2.75) is 18.2 Å². The molecule has 0 saturated carbocycles. The molecule has 1 fully saturated rings. The van der Waals surface area contributed by atoms with E-state index in [1.165, 1.54) is 33.6 Å². The normalized spacial score (nSPS) is 15.0. The Balaban J connectivity index is 1.43. The first-order valence-corrected chi connectivity index (χ1v) is 13.1. The number of halogens is 2. The average Bonchev–Trinajstić information content (AvgIpc) is 3.25. The predicted octanol–water partition coefficient (Wildman–Crippen LogP) is 4.22. The van der Waals surface area contributed by atoms with E-state index in [9.17, 15) is 13.2 Å². The molecular formula is C21H21Cl2N5O3S2. The summed E-state index contributed by atoms with van der Waals surface area (Å²) in [6.45, 7) is 5.94. The first-order chi connectivity index (χ1) is 15.7. The van der Waals surface area contributed by atoms with Crippen LogP contribution in [0.4, 0.5) is 10.8 Å². The molecule has 1 aromatic heterocycles. The number of piperazine rings is 1. The van der Waals surface area contributed by atoms with E-state index < -0.39 is 15.9 Å². The molecule has 0 atom stereocenters. The molecule has 2 aromatic carbocycles. The number of nitrogens with one attached hydrogen (secondary N) is 1. The molecule has 1 aliphatic rings. The number of sulfonamides is 1. The van der Waals surface area contributed by atoms with Crippen LogP contribution in [-0.4, -0.2) is 55.0 Å². The fourth-order valence-electron chi connectivity index (χ4n) is 3.56. The molecule has 0 radical (unpaired) electrons. The van der Waals surface area contributed by atoms with Crippen LogP contribution in [0.5, 0.6) is 0 Å². The van der Waals surface area contributed by atoms with Gasteiger partial charge in [-0.1, -0.05) is 46.7 Å². The first-order valence-electron chi connectivity index (χ1n) is 10.1. The number of anilines is 2. The second kappa shape index (κ2) is 9.55. The summed E-state index contributed by atoms with van der Waals surface area (Å²) in [6, 6.07) is 10.6. The molecule has 1 aliphatic heterocycles. The van der Waals surface area contributed by atoms with Gasteiger partial charge >= 0.3 is 0 Å². The van der Waals surface area contributed by atoms with Crippen molar-refractivity contribution in [3.05, 3.63) is 63.1 Å². The van der Waals surface area contributed by atoms with Gasteiger partial charge in [-0.15, -0.1) is 10.2 Å². The molecule has 33 heavy (non-hydrogen) atoms. The minimum Gasteiger partial charge on any atom is -0.369 e. The van der Waals surface area contributed by atoms with Crippen LogP contribution in [0.25, 0.3) is 0 Å². The zero-order chi connectivity index (χ0) is 23.8. The zero-order valence-corrected chi connectivity index (χ0v) is 21.0. The van der Waals surface area contributed by atoms with Crippen molar-refractivity contribution in [3.8, 4) is 0 Å². The molecule has 2 heterocycles. The van der Waals surface area contributed by atoms with Gasteiger partial charge < -0.3 is 4.90 Å². The summed E-state index contributed by atoms with van der Waals surface area (Å²) < 4.78 is 27.4. The molecule has 0 aliphatic carbocycles. The third-order valence-corrected chi connectivity index (χ3v) is 9.15. The summed E-state index contributed by atoms with van der Waals surface area (Å²) in [6.07, 6.45) is 0. The average molecular weight is 526 g/mol. The first kappa shape index (κ1) is 23.9. The van der Waals surface area contributed by atoms with Crippen LogP contribution < -0.4 is 10.2 Å². The molecule has 8 nitrogen and oxygen atoms in total. The van der Waals surface area contributed by atoms with E-state index in [-0.39, 0.29) is 20.1 Å². The Morgan fingerprint density at radius 2 is 1.79 bits per heavy atom. The lowest BCUT2D eigenvalue weighted by Gasteiger charge is -2.35. The number of nitrogens with zero attached hydrogens (tertiary/aromatic N) is 4. The highest BCUT2D eigenvalue weighted by molar-refractivity contribution is 7.91. The fraction of sp³-hybridized carbons (Fsp3) is 0.286. The van der Waals surface area contributed by atoms with Crippen LogP contribution in [0.3, 0.4) is 0 Å². The number of aromatic nitrogens is 2.